The van der Waals surface area contributed by atoms with Crippen LogP contribution in [0.15, 0.2) is 29.6 Å². The van der Waals surface area contributed by atoms with Crippen molar-refractivity contribution in [2.24, 2.45) is 5.84 Å². The Labute approximate surface area is 117 Å². The van der Waals surface area contributed by atoms with Gasteiger partial charge in [-0.25, -0.2) is 4.98 Å². The lowest BCUT2D eigenvalue weighted by molar-refractivity contribution is 0.413. The number of nitrogens with zero attached hydrogens (tertiary/aromatic N) is 1. The Kier molecular flexibility index (Phi) is 4.90. The minimum Gasteiger partial charge on any atom is -0.497 e. The molecule has 0 aliphatic heterocycles. The number of benzene rings is 1. The number of thiazole rings is 1. The molecule has 1 aromatic heterocycles. The van der Waals surface area contributed by atoms with E-state index in [0.717, 1.165) is 29.3 Å². The molecule has 0 radical (unpaired) electrons. The van der Waals surface area contributed by atoms with Crippen molar-refractivity contribution < 1.29 is 4.74 Å². The molecule has 2 aromatic rings. The van der Waals surface area contributed by atoms with Crippen LogP contribution in [0.2, 0.25) is 0 Å². The average molecular weight is 277 g/mol. The van der Waals surface area contributed by atoms with Gasteiger partial charge >= 0.3 is 0 Å². The normalized spacial score (nSPS) is 12.4. The summed E-state index contributed by atoms with van der Waals surface area (Å²) < 4.78 is 5.23. The van der Waals surface area contributed by atoms with Crippen molar-refractivity contribution in [2.75, 3.05) is 7.11 Å². The number of methoxy groups -OCH3 is 1. The molecule has 1 atom stereocenters. The van der Waals surface area contributed by atoms with Gasteiger partial charge in [-0.2, -0.15) is 0 Å². The molecule has 0 aliphatic rings. The van der Waals surface area contributed by atoms with Crippen molar-refractivity contribution in [2.45, 2.75) is 25.8 Å². The largest absolute Gasteiger partial charge is 0.497 e. The smallest absolute Gasteiger partial charge is 0.119 e. The summed E-state index contributed by atoms with van der Waals surface area (Å²) in [6.07, 6.45) is 1.68. The van der Waals surface area contributed by atoms with E-state index in [9.17, 15) is 0 Å². The Morgan fingerprint density at radius 2 is 2.26 bits per heavy atom. The summed E-state index contributed by atoms with van der Waals surface area (Å²) in [5, 5.41) is 3.18. The van der Waals surface area contributed by atoms with Crippen LogP contribution in [-0.2, 0) is 12.8 Å². The van der Waals surface area contributed by atoms with Crippen molar-refractivity contribution >= 4 is 11.3 Å². The molecule has 19 heavy (non-hydrogen) atoms. The summed E-state index contributed by atoms with van der Waals surface area (Å²) in [5.74, 6) is 6.51. The fourth-order valence-corrected chi connectivity index (χ4v) is 2.65. The first-order chi connectivity index (χ1) is 9.21. The van der Waals surface area contributed by atoms with E-state index in [2.05, 4.69) is 21.9 Å². The van der Waals surface area contributed by atoms with Gasteiger partial charge in [0.15, 0.2) is 0 Å². The van der Waals surface area contributed by atoms with Gasteiger partial charge in [0, 0.05) is 17.8 Å². The molecule has 5 heteroatoms. The van der Waals surface area contributed by atoms with Crippen LogP contribution in [0.3, 0.4) is 0 Å². The predicted molar refractivity (Wildman–Crippen MR) is 78.4 cm³/mol. The van der Waals surface area contributed by atoms with Crippen LogP contribution in [-0.4, -0.2) is 18.1 Å². The van der Waals surface area contributed by atoms with Gasteiger partial charge in [0.05, 0.1) is 17.8 Å². The topological polar surface area (TPSA) is 60.2 Å². The van der Waals surface area contributed by atoms with Crippen molar-refractivity contribution in [1.82, 2.24) is 10.4 Å². The molecular formula is C14H19N3OS. The molecule has 2 rings (SSSR count). The minimum absolute atomic E-state index is 0.175. The number of nitrogens with one attached hydrogen (secondary N) is 1. The zero-order valence-electron chi connectivity index (χ0n) is 11.2. The van der Waals surface area contributed by atoms with E-state index in [4.69, 9.17) is 10.6 Å². The lowest BCUT2D eigenvalue weighted by atomic mass is 10.0. The number of aryl methyl sites for hydroxylation is 1. The van der Waals surface area contributed by atoms with Crippen LogP contribution in [0, 0.1) is 6.92 Å². The van der Waals surface area contributed by atoms with E-state index in [-0.39, 0.29) is 6.04 Å². The summed E-state index contributed by atoms with van der Waals surface area (Å²) in [5.41, 5.74) is 5.16. The Balaban J connectivity index is 2.01. The second-order valence-corrected chi connectivity index (χ2v) is 5.54. The molecule has 0 spiro atoms. The van der Waals surface area contributed by atoms with E-state index in [1.165, 1.54) is 5.56 Å². The molecule has 102 valence electrons. The summed E-state index contributed by atoms with van der Waals surface area (Å²) >= 11 is 1.67. The molecule has 0 aliphatic carbocycles. The monoisotopic (exact) mass is 277 g/mol. The minimum atomic E-state index is 0.175. The van der Waals surface area contributed by atoms with Gasteiger partial charge < -0.3 is 4.74 Å². The Morgan fingerprint density at radius 3 is 2.89 bits per heavy atom. The average Bonchev–Trinajstić information content (AvgIpc) is 2.83. The first-order valence-electron chi connectivity index (χ1n) is 6.21. The predicted octanol–water partition coefficient (Wildman–Crippen LogP) is 2.08. The highest BCUT2D eigenvalue weighted by Crippen LogP contribution is 2.16. The Bertz CT molecular complexity index is 527. The number of hydrogen-bond donors (Lipinski definition) is 2. The summed E-state index contributed by atoms with van der Waals surface area (Å²) in [7, 11) is 1.68. The van der Waals surface area contributed by atoms with Crippen molar-refractivity contribution in [3.05, 3.63) is 45.9 Å². The molecule has 0 saturated carbocycles. The van der Waals surface area contributed by atoms with Crippen LogP contribution in [0.5, 0.6) is 5.75 Å². The molecule has 3 N–H and O–H groups in total. The molecule has 1 unspecified atom stereocenters. The highest BCUT2D eigenvalue weighted by Gasteiger charge is 2.11. The second-order valence-electron chi connectivity index (χ2n) is 4.48. The lowest BCUT2D eigenvalue weighted by Crippen LogP contribution is -2.38. The van der Waals surface area contributed by atoms with Crippen LogP contribution in [0.4, 0.5) is 0 Å². The van der Waals surface area contributed by atoms with Crippen LogP contribution >= 0.6 is 11.3 Å². The van der Waals surface area contributed by atoms with Crippen molar-refractivity contribution in [1.29, 1.82) is 0 Å². The standard InChI is InChI=1S/C14H19N3OS/c1-10-16-13(9-19-10)8-12(17-15)6-11-4-3-5-14(7-11)18-2/h3-5,7,9,12,17H,6,8,15H2,1-2H3. The van der Waals surface area contributed by atoms with Gasteiger partial charge in [-0.15, -0.1) is 11.3 Å². The highest BCUT2D eigenvalue weighted by atomic mass is 32.1. The summed E-state index contributed by atoms with van der Waals surface area (Å²) in [6.45, 7) is 2.01. The number of hydrazine groups is 1. The van der Waals surface area contributed by atoms with Gasteiger partial charge in [0.1, 0.15) is 5.75 Å². The third-order valence-electron chi connectivity index (χ3n) is 2.97. The fourth-order valence-electron chi connectivity index (χ4n) is 2.03. The number of ether oxygens (including phenoxy) is 1. The maximum atomic E-state index is 5.64. The van der Waals surface area contributed by atoms with E-state index < -0.39 is 0 Å². The molecular weight excluding hydrogens is 258 g/mol. The SMILES string of the molecule is COc1cccc(CC(Cc2csc(C)n2)NN)c1. The number of hydrogen-bond acceptors (Lipinski definition) is 5. The second kappa shape index (κ2) is 6.65. The molecule has 0 amide bonds. The third-order valence-corrected chi connectivity index (χ3v) is 3.80. The van der Waals surface area contributed by atoms with Crippen LogP contribution in [0.25, 0.3) is 0 Å². The Morgan fingerprint density at radius 1 is 1.42 bits per heavy atom. The first kappa shape index (κ1) is 14.0. The van der Waals surface area contributed by atoms with Gasteiger partial charge in [-0.3, -0.25) is 11.3 Å². The van der Waals surface area contributed by atoms with Crippen molar-refractivity contribution in [3.63, 3.8) is 0 Å². The fraction of sp³-hybridized carbons (Fsp3) is 0.357. The molecule has 0 fully saturated rings. The first-order valence-corrected chi connectivity index (χ1v) is 7.09. The number of rotatable bonds is 6. The van der Waals surface area contributed by atoms with E-state index in [0.29, 0.717) is 0 Å². The third kappa shape index (κ3) is 4.02. The van der Waals surface area contributed by atoms with E-state index in [1.54, 1.807) is 18.4 Å². The Hall–Kier alpha value is -1.43. The number of nitrogens with two attached hydrogens (primary N) is 1. The quantitative estimate of drug-likeness (QED) is 0.627. The van der Waals surface area contributed by atoms with Gasteiger partial charge in [0.25, 0.3) is 0 Å². The molecule has 1 aromatic carbocycles. The van der Waals surface area contributed by atoms with Gasteiger partial charge in [-0.05, 0) is 31.0 Å². The maximum absolute atomic E-state index is 5.64. The van der Waals surface area contributed by atoms with Gasteiger partial charge in [-0.1, -0.05) is 12.1 Å². The maximum Gasteiger partial charge on any atom is 0.119 e. The molecule has 0 bridgehead atoms. The zero-order chi connectivity index (χ0) is 13.7. The molecule has 4 nitrogen and oxygen atoms in total. The lowest BCUT2D eigenvalue weighted by Gasteiger charge is -2.15. The van der Waals surface area contributed by atoms with Crippen LogP contribution < -0.4 is 16.0 Å². The van der Waals surface area contributed by atoms with E-state index in [1.807, 2.05) is 25.1 Å². The molecule has 1 heterocycles. The highest BCUT2D eigenvalue weighted by molar-refractivity contribution is 7.09. The summed E-state index contributed by atoms with van der Waals surface area (Å²) in [6, 6.07) is 8.23. The molecule has 0 saturated heterocycles. The summed E-state index contributed by atoms with van der Waals surface area (Å²) in [4.78, 5) is 4.47. The van der Waals surface area contributed by atoms with Crippen LogP contribution in [0.1, 0.15) is 16.3 Å². The van der Waals surface area contributed by atoms with E-state index >= 15 is 0 Å². The number of aromatic nitrogens is 1. The van der Waals surface area contributed by atoms with Crippen molar-refractivity contribution in [3.8, 4) is 5.75 Å². The zero-order valence-corrected chi connectivity index (χ0v) is 12.0. The van der Waals surface area contributed by atoms with Gasteiger partial charge in [0.2, 0.25) is 0 Å².